The predicted octanol–water partition coefficient (Wildman–Crippen LogP) is 3.63. The number of sulfonamides is 1. The van der Waals surface area contributed by atoms with Gasteiger partial charge >= 0.3 is 0 Å². The van der Waals surface area contributed by atoms with Crippen LogP contribution in [0.15, 0.2) is 71.6 Å². The molecule has 2 amide bonds. The van der Waals surface area contributed by atoms with Crippen LogP contribution in [0.5, 0.6) is 5.75 Å². The van der Waals surface area contributed by atoms with E-state index in [1.165, 1.54) is 13.2 Å². The van der Waals surface area contributed by atoms with Crippen LogP contribution in [0.2, 0.25) is 0 Å². The third-order valence-electron chi connectivity index (χ3n) is 7.06. The average molecular weight is 565 g/mol. The molecule has 2 heterocycles. The predicted molar refractivity (Wildman–Crippen MR) is 154 cm³/mol. The molecule has 0 unspecified atom stereocenters. The summed E-state index contributed by atoms with van der Waals surface area (Å²) in [7, 11) is -2.62. The Morgan fingerprint density at radius 1 is 1.02 bits per heavy atom. The number of anilines is 4. The van der Waals surface area contributed by atoms with E-state index in [1.54, 1.807) is 41.3 Å². The molecule has 2 aliphatic heterocycles. The highest BCUT2D eigenvalue weighted by Crippen LogP contribution is 2.33. The first-order valence-corrected chi connectivity index (χ1v) is 14.5. The Hall–Kier alpha value is -4.09. The summed E-state index contributed by atoms with van der Waals surface area (Å²) in [5, 5.41) is 2.84. The van der Waals surface area contributed by atoms with Crippen LogP contribution in [0.3, 0.4) is 0 Å². The molecule has 0 spiro atoms. The zero-order chi connectivity index (χ0) is 28.3. The largest absolute Gasteiger partial charge is 0.495 e. The van der Waals surface area contributed by atoms with Crippen molar-refractivity contribution in [3.63, 3.8) is 0 Å². The van der Waals surface area contributed by atoms with Gasteiger partial charge in [-0.3, -0.25) is 14.3 Å². The Kier molecular flexibility index (Phi) is 7.95. The average Bonchev–Trinajstić information content (AvgIpc) is 3.35. The third-order valence-corrected chi connectivity index (χ3v) is 8.46. The molecule has 1 atom stereocenters. The van der Waals surface area contributed by atoms with Crippen molar-refractivity contribution < 1.29 is 27.5 Å². The highest BCUT2D eigenvalue weighted by Gasteiger charge is 2.35. The Morgan fingerprint density at radius 2 is 1.75 bits per heavy atom. The van der Waals surface area contributed by atoms with E-state index in [0.29, 0.717) is 49.1 Å². The van der Waals surface area contributed by atoms with E-state index in [0.717, 1.165) is 11.3 Å². The second-order valence-corrected chi connectivity index (χ2v) is 11.5. The lowest BCUT2D eigenvalue weighted by Gasteiger charge is -2.30. The van der Waals surface area contributed by atoms with Gasteiger partial charge in [0.1, 0.15) is 10.6 Å². The molecule has 2 aliphatic rings. The molecule has 210 valence electrons. The first kappa shape index (κ1) is 27.5. The Balaban J connectivity index is 1.40. The SMILES string of the molecule is COc1ccccc1NS(=O)(=O)c1cc(NC(=O)[C@@H]2CC(=O)N(c3ccc(C)cc3)C2)ccc1N1CCOCC1. The van der Waals surface area contributed by atoms with Gasteiger partial charge in [0.15, 0.2) is 0 Å². The first-order chi connectivity index (χ1) is 19.2. The Morgan fingerprint density at radius 3 is 2.48 bits per heavy atom. The summed E-state index contributed by atoms with van der Waals surface area (Å²) in [6.07, 6.45) is 0.0755. The number of para-hydroxylation sites is 2. The smallest absolute Gasteiger partial charge is 0.264 e. The Labute approximate surface area is 233 Å². The van der Waals surface area contributed by atoms with Crippen molar-refractivity contribution in [3.8, 4) is 5.75 Å². The highest BCUT2D eigenvalue weighted by atomic mass is 32.2. The summed E-state index contributed by atoms with van der Waals surface area (Å²) < 4.78 is 40.8. The molecular formula is C29H32N4O6S. The maximum absolute atomic E-state index is 13.7. The number of carbonyl (C=O) groups excluding carboxylic acids is 2. The Bertz CT molecular complexity index is 1500. The van der Waals surface area contributed by atoms with Gasteiger partial charge in [0.2, 0.25) is 11.8 Å². The van der Waals surface area contributed by atoms with Crippen LogP contribution < -0.4 is 24.6 Å². The van der Waals surface area contributed by atoms with Gasteiger partial charge < -0.3 is 24.6 Å². The number of aryl methyl sites for hydroxylation is 1. The van der Waals surface area contributed by atoms with Crippen molar-refractivity contribution in [1.29, 1.82) is 0 Å². The standard InChI is InChI=1S/C29H32N4O6S/c1-20-7-10-23(11-8-20)33-19-21(17-28(33)34)29(35)30-22-9-12-25(32-13-15-39-16-14-32)27(18-22)40(36,37)31-24-5-3-4-6-26(24)38-2/h3-12,18,21,31H,13-17,19H2,1-2H3,(H,30,35)/t21-/m1/s1. The zero-order valence-electron chi connectivity index (χ0n) is 22.4. The summed E-state index contributed by atoms with van der Waals surface area (Å²) >= 11 is 0. The number of nitrogens with one attached hydrogen (secondary N) is 2. The minimum atomic E-state index is -4.09. The van der Waals surface area contributed by atoms with E-state index in [-0.39, 0.29) is 29.7 Å². The second kappa shape index (κ2) is 11.6. The summed E-state index contributed by atoms with van der Waals surface area (Å²) in [6, 6.07) is 19.1. The lowest BCUT2D eigenvalue weighted by atomic mass is 10.1. The number of morpholine rings is 1. The molecule has 5 rings (SSSR count). The number of amides is 2. The van der Waals surface area contributed by atoms with E-state index >= 15 is 0 Å². The summed E-state index contributed by atoms with van der Waals surface area (Å²) in [5.41, 5.74) is 2.95. The number of benzene rings is 3. The van der Waals surface area contributed by atoms with Gasteiger partial charge in [-0.15, -0.1) is 0 Å². The van der Waals surface area contributed by atoms with E-state index in [2.05, 4.69) is 10.0 Å². The van der Waals surface area contributed by atoms with Gasteiger partial charge in [0.05, 0.1) is 37.6 Å². The fourth-order valence-electron chi connectivity index (χ4n) is 4.90. The van der Waals surface area contributed by atoms with Gasteiger partial charge in [-0.2, -0.15) is 0 Å². The van der Waals surface area contributed by atoms with E-state index in [1.807, 2.05) is 36.1 Å². The minimum absolute atomic E-state index is 0.0156. The minimum Gasteiger partial charge on any atom is -0.495 e. The van der Waals surface area contributed by atoms with Crippen LogP contribution in [0, 0.1) is 12.8 Å². The molecule has 10 nitrogen and oxygen atoms in total. The lowest BCUT2D eigenvalue weighted by Crippen LogP contribution is -2.37. The van der Waals surface area contributed by atoms with Crippen LogP contribution in [-0.4, -0.2) is 60.2 Å². The molecule has 40 heavy (non-hydrogen) atoms. The van der Waals surface area contributed by atoms with Gasteiger partial charge in [-0.25, -0.2) is 8.42 Å². The number of hydrogen-bond donors (Lipinski definition) is 2. The maximum Gasteiger partial charge on any atom is 0.264 e. The summed E-state index contributed by atoms with van der Waals surface area (Å²) in [5.74, 6) is -0.661. The van der Waals surface area contributed by atoms with Crippen molar-refractivity contribution in [3.05, 3.63) is 72.3 Å². The number of nitrogens with zero attached hydrogens (tertiary/aromatic N) is 2. The van der Waals surface area contributed by atoms with Crippen molar-refractivity contribution in [2.24, 2.45) is 5.92 Å². The summed E-state index contributed by atoms with van der Waals surface area (Å²) in [4.78, 5) is 29.5. The van der Waals surface area contributed by atoms with Gasteiger partial charge in [0.25, 0.3) is 10.0 Å². The van der Waals surface area contributed by atoms with Crippen molar-refractivity contribution in [2.45, 2.75) is 18.2 Å². The van der Waals surface area contributed by atoms with E-state index < -0.39 is 15.9 Å². The van der Waals surface area contributed by atoms with Crippen molar-refractivity contribution in [2.75, 3.05) is 59.8 Å². The number of hydrogen-bond acceptors (Lipinski definition) is 7. The van der Waals surface area contributed by atoms with Crippen molar-refractivity contribution >= 4 is 44.6 Å². The van der Waals surface area contributed by atoms with Crippen LogP contribution in [0.1, 0.15) is 12.0 Å². The van der Waals surface area contributed by atoms with Gasteiger partial charge in [-0.05, 0) is 49.4 Å². The topological polar surface area (TPSA) is 117 Å². The normalized spacial score (nSPS) is 17.6. The molecule has 2 saturated heterocycles. The van der Waals surface area contributed by atoms with Gasteiger partial charge in [-0.1, -0.05) is 29.8 Å². The van der Waals surface area contributed by atoms with E-state index in [9.17, 15) is 18.0 Å². The fraction of sp³-hybridized carbons (Fsp3) is 0.310. The molecule has 0 aromatic heterocycles. The van der Waals surface area contributed by atoms with Crippen LogP contribution in [0.4, 0.5) is 22.7 Å². The zero-order valence-corrected chi connectivity index (χ0v) is 23.2. The van der Waals surface area contributed by atoms with Crippen LogP contribution in [0.25, 0.3) is 0 Å². The molecule has 0 bridgehead atoms. The molecule has 0 radical (unpaired) electrons. The quantitative estimate of drug-likeness (QED) is 0.429. The van der Waals surface area contributed by atoms with Gasteiger partial charge in [0, 0.05) is 37.4 Å². The van der Waals surface area contributed by atoms with Crippen LogP contribution >= 0.6 is 0 Å². The van der Waals surface area contributed by atoms with Crippen LogP contribution in [-0.2, 0) is 24.3 Å². The first-order valence-electron chi connectivity index (χ1n) is 13.1. The molecular weight excluding hydrogens is 532 g/mol. The second-order valence-electron chi connectivity index (χ2n) is 9.82. The molecule has 0 saturated carbocycles. The molecule has 2 fully saturated rings. The van der Waals surface area contributed by atoms with Crippen molar-refractivity contribution in [1.82, 2.24) is 0 Å². The van der Waals surface area contributed by atoms with E-state index in [4.69, 9.17) is 9.47 Å². The fourth-order valence-corrected chi connectivity index (χ4v) is 6.23. The monoisotopic (exact) mass is 564 g/mol. The highest BCUT2D eigenvalue weighted by molar-refractivity contribution is 7.93. The number of methoxy groups -OCH3 is 1. The molecule has 0 aliphatic carbocycles. The molecule has 11 heteroatoms. The lowest BCUT2D eigenvalue weighted by molar-refractivity contribution is -0.122. The molecule has 3 aromatic rings. The molecule has 3 aromatic carbocycles. The number of carbonyl (C=O) groups is 2. The molecule has 2 N–H and O–H groups in total. The number of rotatable bonds is 8. The number of ether oxygens (including phenoxy) is 2. The maximum atomic E-state index is 13.7. The summed E-state index contributed by atoms with van der Waals surface area (Å²) in [6.45, 7) is 4.23. The third kappa shape index (κ3) is 5.90.